The van der Waals surface area contributed by atoms with Gasteiger partial charge in [-0.2, -0.15) is 0 Å². The maximum absolute atomic E-state index is 11.6. The molecular formula is C14H12Cl2N2O. The number of anilines is 1. The summed E-state index contributed by atoms with van der Waals surface area (Å²) in [6.07, 6.45) is 0. The van der Waals surface area contributed by atoms with Crippen LogP contribution in [0.2, 0.25) is 10.0 Å². The SMILES string of the molecule is CNC(=O)c1cccc(-c2c(Cl)ccc(N)c2Cl)c1. The predicted octanol–water partition coefficient (Wildman–Crippen LogP) is 3.60. The van der Waals surface area contributed by atoms with Gasteiger partial charge in [0, 0.05) is 18.2 Å². The molecule has 1 amide bonds. The van der Waals surface area contributed by atoms with Crippen LogP contribution in [0.15, 0.2) is 36.4 Å². The number of hydrogen-bond donors (Lipinski definition) is 2. The average molecular weight is 295 g/mol. The van der Waals surface area contributed by atoms with Crippen molar-refractivity contribution in [2.45, 2.75) is 0 Å². The molecule has 0 bridgehead atoms. The largest absolute Gasteiger partial charge is 0.398 e. The van der Waals surface area contributed by atoms with E-state index < -0.39 is 0 Å². The highest BCUT2D eigenvalue weighted by molar-refractivity contribution is 6.40. The molecule has 2 rings (SSSR count). The Morgan fingerprint density at radius 3 is 2.63 bits per heavy atom. The molecule has 2 aromatic rings. The second kappa shape index (κ2) is 5.51. The van der Waals surface area contributed by atoms with E-state index in [1.54, 1.807) is 37.4 Å². The van der Waals surface area contributed by atoms with Crippen LogP contribution in [0.25, 0.3) is 11.1 Å². The standard InChI is InChI=1S/C14H12Cl2N2O/c1-18-14(19)9-4-2-3-8(7-9)12-10(15)5-6-11(17)13(12)16/h2-7H,17H2,1H3,(H,18,19). The second-order valence-corrected chi connectivity index (χ2v) is 4.77. The molecule has 5 heteroatoms. The molecule has 0 fully saturated rings. The number of benzene rings is 2. The number of halogens is 2. The summed E-state index contributed by atoms with van der Waals surface area (Å²) in [5.74, 6) is -0.169. The molecule has 19 heavy (non-hydrogen) atoms. The molecule has 0 aliphatic heterocycles. The fourth-order valence-electron chi connectivity index (χ4n) is 1.79. The van der Waals surface area contributed by atoms with Crippen LogP contribution in [0.1, 0.15) is 10.4 Å². The Bertz CT molecular complexity index is 641. The van der Waals surface area contributed by atoms with Crippen LogP contribution in [0.4, 0.5) is 5.69 Å². The van der Waals surface area contributed by atoms with Gasteiger partial charge in [-0.15, -0.1) is 0 Å². The molecular weight excluding hydrogens is 283 g/mol. The number of hydrogen-bond acceptors (Lipinski definition) is 2. The Hall–Kier alpha value is -1.71. The minimum Gasteiger partial charge on any atom is -0.398 e. The molecule has 3 N–H and O–H groups in total. The lowest BCUT2D eigenvalue weighted by Gasteiger charge is -2.10. The van der Waals surface area contributed by atoms with E-state index >= 15 is 0 Å². The van der Waals surface area contributed by atoms with Crippen LogP contribution in [0, 0.1) is 0 Å². The highest BCUT2D eigenvalue weighted by atomic mass is 35.5. The Labute approximate surface area is 121 Å². The summed E-state index contributed by atoms with van der Waals surface area (Å²) in [6.45, 7) is 0. The first-order chi connectivity index (χ1) is 9.04. The van der Waals surface area contributed by atoms with Crippen LogP contribution in [0.5, 0.6) is 0 Å². The zero-order valence-corrected chi connectivity index (χ0v) is 11.7. The molecule has 0 spiro atoms. The van der Waals surface area contributed by atoms with Crippen molar-refractivity contribution in [3.8, 4) is 11.1 Å². The van der Waals surface area contributed by atoms with E-state index in [4.69, 9.17) is 28.9 Å². The third-order valence-electron chi connectivity index (χ3n) is 2.76. The molecule has 0 atom stereocenters. The number of carbonyl (C=O) groups excluding carboxylic acids is 1. The third-order valence-corrected chi connectivity index (χ3v) is 3.48. The zero-order chi connectivity index (χ0) is 14.0. The predicted molar refractivity (Wildman–Crippen MR) is 79.7 cm³/mol. The van der Waals surface area contributed by atoms with E-state index in [0.29, 0.717) is 26.9 Å². The van der Waals surface area contributed by atoms with Gasteiger partial charge in [-0.05, 0) is 29.8 Å². The van der Waals surface area contributed by atoms with Gasteiger partial charge >= 0.3 is 0 Å². The summed E-state index contributed by atoms with van der Waals surface area (Å²) >= 11 is 12.4. The van der Waals surface area contributed by atoms with Crippen LogP contribution in [-0.4, -0.2) is 13.0 Å². The van der Waals surface area contributed by atoms with E-state index in [1.165, 1.54) is 0 Å². The molecule has 0 saturated heterocycles. The first-order valence-electron chi connectivity index (χ1n) is 5.60. The summed E-state index contributed by atoms with van der Waals surface area (Å²) in [5, 5.41) is 3.46. The molecule has 0 saturated carbocycles. The maximum Gasteiger partial charge on any atom is 0.251 e. The van der Waals surface area contributed by atoms with Crippen molar-refractivity contribution in [3.63, 3.8) is 0 Å². The molecule has 98 valence electrons. The van der Waals surface area contributed by atoms with E-state index in [0.717, 1.165) is 5.56 Å². The number of rotatable bonds is 2. The van der Waals surface area contributed by atoms with Crippen molar-refractivity contribution in [2.24, 2.45) is 0 Å². The highest BCUT2D eigenvalue weighted by Gasteiger charge is 2.13. The van der Waals surface area contributed by atoms with E-state index in [2.05, 4.69) is 5.32 Å². The Balaban J connectivity index is 2.60. The average Bonchev–Trinajstić information content (AvgIpc) is 2.43. The maximum atomic E-state index is 11.6. The fourth-order valence-corrected chi connectivity index (χ4v) is 2.38. The molecule has 0 aromatic heterocycles. The summed E-state index contributed by atoms with van der Waals surface area (Å²) < 4.78 is 0. The summed E-state index contributed by atoms with van der Waals surface area (Å²) in [6, 6.07) is 10.4. The number of nitrogen functional groups attached to an aromatic ring is 1. The first kappa shape index (κ1) is 13.7. The zero-order valence-electron chi connectivity index (χ0n) is 10.2. The summed E-state index contributed by atoms with van der Waals surface area (Å²) in [5.41, 5.74) is 8.15. The minimum absolute atomic E-state index is 0.169. The Morgan fingerprint density at radius 1 is 1.21 bits per heavy atom. The van der Waals surface area contributed by atoms with E-state index in [9.17, 15) is 4.79 Å². The monoisotopic (exact) mass is 294 g/mol. The van der Waals surface area contributed by atoms with Gasteiger partial charge in [0.1, 0.15) is 0 Å². The minimum atomic E-state index is -0.169. The van der Waals surface area contributed by atoms with Crippen LogP contribution < -0.4 is 11.1 Å². The van der Waals surface area contributed by atoms with Crippen molar-refractivity contribution >= 4 is 34.8 Å². The van der Waals surface area contributed by atoms with Gasteiger partial charge in [-0.1, -0.05) is 35.3 Å². The van der Waals surface area contributed by atoms with Gasteiger partial charge in [-0.3, -0.25) is 4.79 Å². The van der Waals surface area contributed by atoms with Gasteiger partial charge < -0.3 is 11.1 Å². The number of nitrogens with one attached hydrogen (secondary N) is 1. The molecule has 0 aliphatic rings. The lowest BCUT2D eigenvalue weighted by atomic mass is 10.0. The summed E-state index contributed by atoms with van der Waals surface area (Å²) in [7, 11) is 1.58. The number of carbonyl (C=O) groups is 1. The van der Waals surface area contributed by atoms with Crippen molar-refractivity contribution in [1.29, 1.82) is 0 Å². The first-order valence-corrected chi connectivity index (χ1v) is 6.36. The molecule has 0 unspecified atom stereocenters. The summed E-state index contributed by atoms with van der Waals surface area (Å²) in [4.78, 5) is 11.6. The number of nitrogens with two attached hydrogens (primary N) is 1. The normalized spacial score (nSPS) is 10.3. The van der Waals surface area contributed by atoms with Crippen molar-refractivity contribution in [2.75, 3.05) is 12.8 Å². The molecule has 3 nitrogen and oxygen atoms in total. The lowest BCUT2D eigenvalue weighted by molar-refractivity contribution is 0.0963. The van der Waals surface area contributed by atoms with E-state index in [-0.39, 0.29) is 5.91 Å². The third kappa shape index (κ3) is 2.67. The van der Waals surface area contributed by atoms with Crippen molar-refractivity contribution in [3.05, 3.63) is 52.0 Å². The smallest absolute Gasteiger partial charge is 0.251 e. The van der Waals surface area contributed by atoms with Gasteiger partial charge in [0.25, 0.3) is 5.91 Å². The topological polar surface area (TPSA) is 55.1 Å². The number of amides is 1. The molecule has 0 heterocycles. The highest BCUT2D eigenvalue weighted by Crippen LogP contribution is 2.38. The Morgan fingerprint density at radius 2 is 1.95 bits per heavy atom. The Kier molecular flexibility index (Phi) is 3.98. The van der Waals surface area contributed by atoms with Crippen LogP contribution in [-0.2, 0) is 0 Å². The molecule has 0 aliphatic carbocycles. The second-order valence-electron chi connectivity index (χ2n) is 3.99. The van der Waals surface area contributed by atoms with Gasteiger partial charge in [0.15, 0.2) is 0 Å². The van der Waals surface area contributed by atoms with Crippen molar-refractivity contribution < 1.29 is 4.79 Å². The van der Waals surface area contributed by atoms with Gasteiger partial charge in [-0.25, -0.2) is 0 Å². The lowest BCUT2D eigenvalue weighted by Crippen LogP contribution is -2.17. The van der Waals surface area contributed by atoms with Crippen LogP contribution >= 0.6 is 23.2 Å². The van der Waals surface area contributed by atoms with Gasteiger partial charge in [0.05, 0.1) is 15.7 Å². The molecule has 2 aromatic carbocycles. The molecule has 0 radical (unpaired) electrons. The fraction of sp³-hybridized carbons (Fsp3) is 0.0714. The van der Waals surface area contributed by atoms with Gasteiger partial charge in [0.2, 0.25) is 0 Å². The van der Waals surface area contributed by atoms with E-state index in [1.807, 2.05) is 6.07 Å². The quantitative estimate of drug-likeness (QED) is 0.832. The van der Waals surface area contributed by atoms with Crippen LogP contribution in [0.3, 0.4) is 0 Å². The van der Waals surface area contributed by atoms with Crippen molar-refractivity contribution in [1.82, 2.24) is 5.32 Å².